The molecule has 0 N–H and O–H groups in total. The molecule has 0 bridgehead atoms. The molecule has 1 unspecified atom stereocenters. The molecule has 1 aliphatic carbocycles. The molecule has 1 aliphatic rings. The summed E-state index contributed by atoms with van der Waals surface area (Å²) in [6.07, 6.45) is 3.41. The van der Waals surface area contributed by atoms with Crippen molar-refractivity contribution in [3.8, 4) is 0 Å². The Hall–Kier alpha value is -0.590. The minimum atomic E-state index is 0.0272. The second kappa shape index (κ2) is 4.73. The Balaban J connectivity index is 2.95. The summed E-state index contributed by atoms with van der Waals surface area (Å²) >= 11 is 0. The van der Waals surface area contributed by atoms with Crippen LogP contribution >= 0.6 is 0 Å². The fourth-order valence-corrected chi connectivity index (χ4v) is 2.74. The van der Waals surface area contributed by atoms with Crippen molar-refractivity contribution < 1.29 is 4.79 Å². The third-order valence-electron chi connectivity index (χ3n) is 3.45. The molecule has 0 aromatic rings. The predicted octanol–water partition coefficient (Wildman–Crippen LogP) is 4.37. The maximum absolute atomic E-state index is 12.2. The van der Waals surface area contributed by atoms with Gasteiger partial charge < -0.3 is 0 Å². The van der Waals surface area contributed by atoms with E-state index in [0.29, 0.717) is 11.7 Å². The molecule has 0 saturated heterocycles. The quantitative estimate of drug-likeness (QED) is 0.690. The largest absolute Gasteiger partial charge is 0.294 e. The van der Waals surface area contributed by atoms with Crippen molar-refractivity contribution in [1.29, 1.82) is 0 Å². The zero-order chi connectivity index (χ0) is 12.5. The second-order valence-corrected chi connectivity index (χ2v) is 6.29. The van der Waals surface area contributed by atoms with Crippen LogP contribution in [-0.2, 0) is 4.79 Å². The molecule has 92 valence electrons. The van der Waals surface area contributed by atoms with Crippen LogP contribution in [0.4, 0.5) is 0 Å². The smallest absolute Gasteiger partial charge is 0.166 e. The average Bonchev–Trinajstić information content (AvgIpc) is 2.11. The number of unbranched alkanes of at least 4 members (excludes halogenated alkanes) is 1. The second-order valence-electron chi connectivity index (χ2n) is 6.29. The first kappa shape index (κ1) is 13.5. The minimum absolute atomic E-state index is 0.0272. The Morgan fingerprint density at radius 2 is 1.81 bits per heavy atom. The molecule has 0 spiro atoms. The van der Waals surface area contributed by atoms with Gasteiger partial charge in [-0.1, -0.05) is 54.4 Å². The zero-order valence-electron chi connectivity index (χ0n) is 11.7. The summed E-state index contributed by atoms with van der Waals surface area (Å²) in [5, 5.41) is 0. The Bertz CT molecular complexity index is 302. The van der Waals surface area contributed by atoms with Crippen molar-refractivity contribution in [1.82, 2.24) is 0 Å². The Kier molecular flexibility index (Phi) is 3.98. The molecule has 1 atom stereocenters. The fourth-order valence-electron chi connectivity index (χ4n) is 2.74. The minimum Gasteiger partial charge on any atom is -0.294 e. The van der Waals surface area contributed by atoms with E-state index >= 15 is 0 Å². The van der Waals surface area contributed by atoms with Crippen LogP contribution in [-0.4, -0.2) is 5.78 Å². The summed E-state index contributed by atoms with van der Waals surface area (Å²) in [5.41, 5.74) is 2.58. The molecule has 0 aromatic carbocycles. The van der Waals surface area contributed by atoms with E-state index in [4.69, 9.17) is 0 Å². The summed E-state index contributed by atoms with van der Waals surface area (Å²) in [6, 6.07) is 0. The summed E-state index contributed by atoms with van der Waals surface area (Å²) in [4.78, 5) is 12.2. The van der Waals surface area contributed by atoms with Gasteiger partial charge in [-0.2, -0.15) is 0 Å². The van der Waals surface area contributed by atoms with E-state index in [1.165, 1.54) is 18.4 Å². The van der Waals surface area contributed by atoms with Crippen LogP contribution in [0.25, 0.3) is 0 Å². The van der Waals surface area contributed by atoms with Crippen molar-refractivity contribution >= 4 is 5.78 Å². The maximum Gasteiger partial charge on any atom is 0.166 e. The molecular formula is C15H26O. The SMILES string of the molecule is CCCCC1C(=O)C(C(C)(C)C)=C1C(C)C. The molecule has 0 saturated carbocycles. The molecule has 0 aliphatic heterocycles. The molecule has 0 aromatic heterocycles. The topological polar surface area (TPSA) is 17.1 Å². The van der Waals surface area contributed by atoms with Crippen molar-refractivity contribution in [2.45, 2.75) is 60.8 Å². The van der Waals surface area contributed by atoms with E-state index in [1.807, 2.05) is 0 Å². The highest BCUT2D eigenvalue weighted by molar-refractivity contribution is 6.07. The lowest BCUT2D eigenvalue weighted by molar-refractivity contribution is -0.122. The summed E-state index contributed by atoms with van der Waals surface area (Å²) in [6.45, 7) is 13.1. The van der Waals surface area contributed by atoms with E-state index in [0.717, 1.165) is 12.0 Å². The first-order valence-corrected chi connectivity index (χ1v) is 6.59. The van der Waals surface area contributed by atoms with Gasteiger partial charge >= 0.3 is 0 Å². The van der Waals surface area contributed by atoms with Crippen LogP contribution in [0, 0.1) is 17.3 Å². The lowest BCUT2D eigenvalue weighted by Gasteiger charge is -2.41. The lowest BCUT2D eigenvalue weighted by atomic mass is 9.62. The van der Waals surface area contributed by atoms with Crippen LogP contribution < -0.4 is 0 Å². The molecule has 1 rings (SSSR count). The normalized spacial score (nSPS) is 21.7. The molecule has 0 radical (unpaired) electrons. The van der Waals surface area contributed by atoms with Gasteiger partial charge in [-0.05, 0) is 23.3 Å². The van der Waals surface area contributed by atoms with Gasteiger partial charge in [0.2, 0.25) is 0 Å². The molecule has 0 fully saturated rings. The summed E-state index contributed by atoms with van der Waals surface area (Å²) < 4.78 is 0. The van der Waals surface area contributed by atoms with E-state index in [1.54, 1.807) is 0 Å². The molecule has 1 heteroatoms. The number of ketones is 1. The highest BCUT2D eigenvalue weighted by Gasteiger charge is 2.43. The van der Waals surface area contributed by atoms with Crippen LogP contribution in [0.1, 0.15) is 60.8 Å². The van der Waals surface area contributed by atoms with E-state index in [9.17, 15) is 4.79 Å². The lowest BCUT2D eigenvalue weighted by Crippen LogP contribution is -2.39. The van der Waals surface area contributed by atoms with Gasteiger partial charge in [-0.3, -0.25) is 4.79 Å². The van der Waals surface area contributed by atoms with E-state index in [2.05, 4.69) is 41.5 Å². The van der Waals surface area contributed by atoms with Crippen molar-refractivity contribution in [3.63, 3.8) is 0 Å². The highest BCUT2D eigenvalue weighted by Crippen LogP contribution is 2.46. The van der Waals surface area contributed by atoms with Gasteiger partial charge in [0.05, 0.1) is 0 Å². The van der Waals surface area contributed by atoms with Gasteiger partial charge in [0, 0.05) is 11.5 Å². The Morgan fingerprint density at radius 3 is 2.19 bits per heavy atom. The maximum atomic E-state index is 12.2. The van der Waals surface area contributed by atoms with Crippen molar-refractivity contribution in [2.75, 3.05) is 0 Å². The van der Waals surface area contributed by atoms with Gasteiger partial charge in [0.1, 0.15) is 0 Å². The average molecular weight is 222 g/mol. The first-order chi connectivity index (χ1) is 7.30. The third-order valence-corrected chi connectivity index (χ3v) is 3.45. The third kappa shape index (κ3) is 2.39. The molecule has 0 amide bonds. The van der Waals surface area contributed by atoms with Crippen LogP contribution in [0.3, 0.4) is 0 Å². The predicted molar refractivity (Wildman–Crippen MR) is 69.3 cm³/mol. The zero-order valence-corrected chi connectivity index (χ0v) is 11.7. The number of hydrogen-bond donors (Lipinski definition) is 0. The number of carbonyl (C=O) groups excluding carboxylic acids is 1. The Labute approximate surface area is 100 Å². The number of allylic oxidation sites excluding steroid dienone is 2. The first-order valence-electron chi connectivity index (χ1n) is 6.59. The molecular weight excluding hydrogens is 196 g/mol. The van der Waals surface area contributed by atoms with Gasteiger partial charge in [-0.15, -0.1) is 0 Å². The van der Waals surface area contributed by atoms with E-state index < -0.39 is 0 Å². The standard InChI is InChI=1S/C15H26O/c1-7-8-9-11-12(10(2)3)13(14(11)16)15(4,5)6/h10-11H,7-9H2,1-6H3. The van der Waals surface area contributed by atoms with Gasteiger partial charge in [-0.25, -0.2) is 0 Å². The van der Waals surface area contributed by atoms with Crippen LogP contribution in [0.15, 0.2) is 11.1 Å². The van der Waals surface area contributed by atoms with Crippen molar-refractivity contribution in [2.24, 2.45) is 17.3 Å². The molecule has 1 nitrogen and oxygen atoms in total. The van der Waals surface area contributed by atoms with Gasteiger partial charge in [0.15, 0.2) is 5.78 Å². The summed E-state index contributed by atoms with van der Waals surface area (Å²) in [5.74, 6) is 1.19. The summed E-state index contributed by atoms with van der Waals surface area (Å²) in [7, 11) is 0. The number of hydrogen-bond acceptors (Lipinski definition) is 1. The molecule has 0 heterocycles. The van der Waals surface area contributed by atoms with Crippen molar-refractivity contribution in [3.05, 3.63) is 11.1 Å². The highest BCUT2D eigenvalue weighted by atomic mass is 16.1. The van der Waals surface area contributed by atoms with Crippen LogP contribution in [0.5, 0.6) is 0 Å². The van der Waals surface area contributed by atoms with Crippen LogP contribution in [0.2, 0.25) is 0 Å². The Morgan fingerprint density at radius 1 is 1.25 bits per heavy atom. The number of rotatable bonds is 4. The number of carbonyl (C=O) groups is 1. The van der Waals surface area contributed by atoms with Gasteiger partial charge in [0.25, 0.3) is 0 Å². The van der Waals surface area contributed by atoms with E-state index in [-0.39, 0.29) is 11.3 Å². The monoisotopic (exact) mass is 222 g/mol. The number of Topliss-reactive ketones (excluding diaryl/α,β-unsaturated/α-hetero) is 1. The molecule has 16 heavy (non-hydrogen) atoms. The fraction of sp³-hybridized carbons (Fsp3) is 0.800.